The SMILES string of the molecule is CCOC(=O)c1c(NC(=O)C=CC(=O)O)sc(C)c1CC. The van der Waals surface area contributed by atoms with E-state index >= 15 is 0 Å². The molecule has 0 aliphatic rings. The monoisotopic (exact) mass is 311 g/mol. The molecule has 1 aromatic heterocycles. The van der Waals surface area contributed by atoms with Crippen molar-refractivity contribution in [3.63, 3.8) is 0 Å². The van der Waals surface area contributed by atoms with E-state index in [2.05, 4.69) is 5.32 Å². The minimum absolute atomic E-state index is 0.239. The highest BCUT2D eigenvalue weighted by atomic mass is 32.1. The minimum atomic E-state index is -1.22. The fourth-order valence-electron chi connectivity index (χ4n) is 1.81. The summed E-state index contributed by atoms with van der Waals surface area (Å²) in [5.41, 5.74) is 1.18. The minimum Gasteiger partial charge on any atom is -0.478 e. The van der Waals surface area contributed by atoms with Gasteiger partial charge in [-0.25, -0.2) is 9.59 Å². The fourth-order valence-corrected chi connectivity index (χ4v) is 2.95. The molecule has 0 bridgehead atoms. The Kier molecular flexibility index (Phi) is 6.10. The number of hydrogen-bond donors (Lipinski definition) is 2. The third-order valence-corrected chi connectivity index (χ3v) is 3.72. The highest BCUT2D eigenvalue weighted by Gasteiger charge is 2.22. The second-order valence-electron chi connectivity index (χ2n) is 4.08. The van der Waals surface area contributed by atoms with Crippen LogP contribution in [0.1, 0.15) is 34.6 Å². The van der Waals surface area contributed by atoms with E-state index in [4.69, 9.17) is 9.84 Å². The van der Waals surface area contributed by atoms with Gasteiger partial charge in [0.25, 0.3) is 0 Å². The molecule has 0 saturated heterocycles. The van der Waals surface area contributed by atoms with Crippen LogP contribution in [0, 0.1) is 6.92 Å². The third-order valence-electron chi connectivity index (χ3n) is 2.66. The maximum Gasteiger partial charge on any atom is 0.341 e. The molecule has 0 aromatic carbocycles. The van der Waals surface area contributed by atoms with E-state index < -0.39 is 17.8 Å². The molecule has 0 radical (unpaired) electrons. The number of ether oxygens (including phenoxy) is 1. The molecule has 0 fully saturated rings. The number of carboxylic acids is 1. The molecule has 1 aromatic rings. The maximum absolute atomic E-state index is 12.0. The van der Waals surface area contributed by atoms with Gasteiger partial charge in [0.05, 0.1) is 12.2 Å². The topological polar surface area (TPSA) is 92.7 Å². The van der Waals surface area contributed by atoms with Gasteiger partial charge in [0.2, 0.25) is 5.91 Å². The van der Waals surface area contributed by atoms with E-state index in [-0.39, 0.29) is 6.61 Å². The first-order chi connectivity index (χ1) is 9.90. The average molecular weight is 311 g/mol. The molecule has 21 heavy (non-hydrogen) atoms. The molecular formula is C14H17NO5S. The molecule has 114 valence electrons. The number of aliphatic carboxylic acids is 1. The average Bonchev–Trinajstić information content (AvgIpc) is 2.72. The number of carbonyl (C=O) groups is 3. The highest BCUT2D eigenvalue weighted by Crippen LogP contribution is 2.34. The lowest BCUT2D eigenvalue weighted by Crippen LogP contribution is -2.13. The molecule has 0 aliphatic carbocycles. The maximum atomic E-state index is 12.0. The Morgan fingerprint density at radius 2 is 1.95 bits per heavy atom. The van der Waals surface area contributed by atoms with Crippen LogP contribution in [0.3, 0.4) is 0 Å². The van der Waals surface area contributed by atoms with Gasteiger partial charge in [-0.3, -0.25) is 4.79 Å². The Bertz CT molecular complexity index is 588. The van der Waals surface area contributed by atoms with Crippen LogP contribution >= 0.6 is 11.3 Å². The Morgan fingerprint density at radius 1 is 1.29 bits per heavy atom. The van der Waals surface area contributed by atoms with Crippen molar-refractivity contribution in [2.75, 3.05) is 11.9 Å². The number of anilines is 1. The largest absolute Gasteiger partial charge is 0.478 e. The second-order valence-corrected chi connectivity index (χ2v) is 5.30. The first-order valence-corrected chi connectivity index (χ1v) is 7.23. The summed E-state index contributed by atoms with van der Waals surface area (Å²) < 4.78 is 5.01. The summed E-state index contributed by atoms with van der Waals surface area (Å²) in [5, 5.41) is 11.4. The number of thiophene rings is 1. The molecule has 0 atom stereocenters. The number of carboxylic acid groups (broad SMARTS) is 1. The number of carbonyl (C=O) groups excluding carboxylic acids is 2. The van der Waals surface area contributed by atoms with Crippen molar-refractivity contribution >= 4 is 34.2 Å². The van der Waals surface area contributed by atoms with Crippen molar-refractivity contribution in [2.24, 2.45) is 0 Å². The predicted molar refractivity (Wildman–Crippen MR) is 79.8 cm³/mol. The number of amides is 1. The van der Waals surface area contributed by atoms with Gasteiger partial charge in [-0.05, 0) is 25.8 Å². The van der Waals surface area contributed by atoms with Crippen molar-refractivity contribution in [1.29, 1.82) is 0 Å². The summed E-state index contributed by atoms with van der Waals surface area (Å²) in [6.45, 7) is 5.71. The van der Waals surface area contributed by atoms with Crippen LogP contribution in [0.5, 0.6) is 0 Å². The lowest BCUT2D eigenvalue weighted by Gasteiger charge is -2.06. The van der Waals surface area contributed by atoms with Crippen molar-refractivity contribution in [2.45, 2.75) is 27.2 Å². The normalized spacial score (nSPS) is 10.6. The Balaban J connectivity index is 3.09. The van der Waals surface area contributed by atoms with Crippen LogP contribution in [0.2, 0.25) is 0 Å². The van der Waals surface area contributed by atoms with Crippen LogP contribution < -0.4 is 5.32 Å². The van der Waals surface area contributed by atoms with Gasteiger partial charge in [0.1, 0.15) is 5.00 Å². The van der Waals surface area contributed by atoms with Gasteiger partial charge >= 0.3 is 11.9 Å². The number of aryl methyl sites for hydroxylation is 1. The fraction of sp³-hybridized carbons (Fsp3) is 0.357. The summed E-state index contributed by atoms with van der Waals surface area (Å²) in [7, 11) is 0. The molecule has 7 heteroatoms. The Hall–Kier alpha value is -2.15. The number of rotatable bonds is 6. The van der Waals surface area contributed by atoms with Gasteiger partial charge in [0.15, 0.2) is 0 Å². The van der Waals surface area contributed by atoms with E-state index in [0.29, 0.717) is 17.0 Å². The molecule has 1 heterocycles. The molecule has 0 unspecified atom stereocenters. The zero-order chi connectivity index (χ0) is 16.0. The van der Waals surface area contributed by atoms with Gasteiger partial charge in [-0.15, -0.1) is 11.3 Å². The van der Waals surface area contributed by atoms with E-state index in [0.717, 1.165) is 22.6 Å². The van der Waals surface area contributed by atoms with Crippen molar-refractivity contribution in [3.05, 3.63) is 28.2 Å². The van der Waals surface area contributed by atoms with Crippen LogP contribution in [0.25, 0.3) is 0 Å². The molecule has 0 saturated carbocycles. The molecule has 1 amide bonds. The standard InChI is InChI=1S/C14H17NO5S/c1-4-9-8(3)21-13(12(9)14(19)20-5-2)15-10(16)6-7-11(17)18/h6-7H,4-5H2,1-3H3,(H,15,16)(H,17,18). The van der Waals surface area contributed by atoms with Crippen LogP contribution in [0.4, 0.5) is 5.00 Å². The Labute approximate surface area is 126 Å². The van der Waals surface area contributed by atoms with Crippen LogP contribution in [0.15, 0.2) is 12.2 Å². The molecule has 0 aliphatic heterocycles. The first kappa shape index (κ1) is 16.9. The van der Waals surface area contributed by atoms with Gasteiger partial charge in [-0.2, -0.15) is 0 Å². The Morgan fingerprint density at radius 3 is 2.48 bits per heavy atom. The van der Waals surface area contributed by atoms with Crippen molar-refractivity contribution in [3.8, 4) is 0 Å². The summed E-state index contributed by atoms with van der Waals surface area (Å²) in [6.07, 6.45) is 2.27. The molecule has 2 N–H and O–H groups in total. The van der Waals surface area contributed by atoms with Gasteiger partial charge in [-0.1, -0.05) is 6.92 Å². The van der Waals surface area contributed by atoms with E-state index in [1.165, 1.54) is 11.3 Å². The van der Waals surface area contributed by atoms with E-state index in [1.807, 2.05) is 13.8 Å². The van der Waals surface area contributed by atoms with E-state index in [9.17, 15) is 14.4 Å². The molecule has 0 spiro atoms. The summed E-state index contributed by atoms with van der Waals surface area (Å²) >= 11 is 1.27. The van der Waals surface area contributed by atoms with E-state index in [1.54, 1.807) is 6.92 Å². The van der Waals surface area contributed by atoms with Crippen molar-refractivity contribution in [1.82, 2.24) is 0 Å². The van der Waals surface area contributed by atoms with Crippen LogP contribution in [-0.4, -0.2) is 29.6 Å². The summed E-state index contributed by atoms with van der Waals surface area (Å²) in [6, 6.07) is 0. The van der Waals surface area contributed by atoms with Crippen LogP contribution in [-0.2, 0) is 20.7 Å². The predicted octanol–water partition coefficient (Wildman–Crippen LogP) is 2.37. The van der Waals surface area contributed by atoms with Gasteiger partial charge < -0.3 is 15.2 Å². The third kappa shape index (κ3) is 4.42. The quantitative estimate of drug-likeness (QED) is 0.621. The number of esters is 1. The molecular weight excluding hydrogens is 294 g/mol. The van der Waals surface area contributed by atoms with Crippen molar-refractivity contribution < 1.29 is 24.2 Å². The highest BCUT2D eigenvalue weighted by molar-refractivity contribution is 7.16. The lowest BCUT2D eigenvalue weighted by atomic mass is 10.1. The smallest absolute Gasteiger partial charge is 0.341 e. The molecule has 6 nitrogen and oxygen atoms in total. The summed E-state index contributed by atoms with van der Waals surface area (Å²) in [4.78, 5) is 35.0. The number of nitrogens with one attached hydrogen (secondary N) is 1. The lowest BCUT2D eigenvalue weighted by molar-refractivity contribution is -0.131. The second kappa shape index (κ2) is 7.58. The zero-order valence-corrected chi connectivity index (χ0v) is 12.9. The number of hydrogen-bond acceptors (Lipinski definition) is 5. The zero-order valence-electron chi connectivity index (χ0n) is 12.1. The van der Waals surface area contributed by atoms with Gasteiger partial charge in [0, 0.05) is 17.0 Å². The summed E-state index contributed by atoms with van der Waals surface area (Å²) in [5.74, 6) is -2.31. The molecule has 1 rings (SSSR count). The first-order valence-electron chi connectivity index (χ1n) is 6.42.